The summed E-state index contributed by atoms with van der Waals surface area (Å²) in [6.45, 7) is 0.586. The fourth-order valence-electron chi connectivity index (χ4n) is 3.63. The van der Waals surface area contributed by atoms with Crippen LogP contribution in [0.2, 0.25) is 0 Å². The molecule has 0 aliphatic heterocycles. The van der Waals surface area contributed by atoms with Gasteiger partial charge in [-0.05, 0) is 11.1 Å². The molecule has 0 amide bonds. The van der Waals surface area contributed by atoms with Gasteiger partial charge in [0.2, 0.25) is 5.71 Å². The summed E-state index contributed by atoms with van der Waals surface area (Å²) in [6.07, 6.45) is 1.69. The summed E-state index contributed by atoms with van der Waals surface area (Å²) in [4.78, 5) is 4.55. The molecule has 4 nitrogen and oxygen atoms in total. The molecule has 2 aromatic heterocycles. The minimum absolute atomic E-state index is 0.392. The smallest absolute Gasteiger partial charge is 0.232 e. The monoisotopic (exact) mass is 377 g/mol. The van der Waals surface area contributed by atoms with Crippen molar-refractivity contribution in [2.75, 3.05) is 0 Å². The van der Waals surface area contributed by atoms with Crippen LogP contribution >= 0.6 is 0 Å². The van der Waals surface area contributed by atoms with Gasteiger partial charge < -0.3 is 8.98 Å². The molecule has 0 saturated carbocycles. The van der Waals surface area contributed by atoms with Crippen LogP contribution in [-0.2, 0) is 6.54 Å². The molecule has 2 heterocycles. The second-order valence-corrected chi connectivity index (χ2v) is 6.93. The molecule has 3 aromatic carbocycles. The number of hydrogen-bond acceptors (Lipinski definition) is 3. The highest BCUT2D eigenvalue weighted by Crippen LogP contribution is 2.38. The first-order valence-electron chi connectivity index (χ1n) is 9.52. The molecule has 1 N–H and O–H groups in total. The van der Waals surface area contributed by atoms with E-state index in [1.54, 1.807) is 6.33 Å². The predicted octanol–water partition coefficient (Wildman–Crippen LogP) is 5.49. The zero-order chi connectivity index (χ0) is 19.6. The van der Waals surface area contributed by atoms with E-state index in [1.165, 1.54) is 0 Å². The lowest BCUT2D eigenvalue weighted by Crippen LogP contribution is -2.21. The maximum absolute atomic E-state index is 8.92. The Morgan fingerprint density at radius 2 is 1.34 bits per heavy atom. The number of furan rings is 1. The van der Waals surface area contributed by atoms with Gasteiger partial charge in [-0.1, -0.05) is 91.0 Å². The van der Waals surface area contributed by atoms with Crippen LogP contribution < -0.4 is 5.49 Å². The molecule has 140 valence electrons. The first-order chi connectivity index (χ1) is 14.3. The molecule has 5 aromatic rings. The van der Waals surface area contributed by atoms with Crippen LogP contribution in [0.1, 0.15) is 5.56 Å². The maximum Gasteiger partial charge on any atom is 0.232 e. The van der Waals surface area contributed by atoms with Gasteiger partial charge in [0.25, 0.3) is 0 Å². The number of hydrogen-bond donors (Lipinski definition) is 1. The van der Waals surface area contributed by atoms with Gasteiger partial charge in [0.15, 0.2) is 0 Å². The van der Waals surface area contributed by atoms with E-state index < -0.39 is 0 Å². The zero-order valence-corrected chi connectivity index (χ0v) is 15.7. The molecule has 0 unspecified atom stereocenters. The number of nitrogens with one attached hydrogen (secondary N) is 1. The predicted molar refractivity (Wildman–Crippen MR) is 114 cm³/mol. The zero-order valence-electron chi connectivity index (χ0n) is 15.7. The van der Waals surface area contributed by atoms with Crippen molar-refractivity contribution in [2.24, 2.45) is 0 Å². The van der Waals surface area contributed by atoms with Crippen LogP contribution in [0.15, 0.2) is 102 Å². The van der Waals surface area contributed by atoms with Crippen LogP contribution in [-0.4, -0.2) is 9.55 Å². The topological polar surface area (TPSA) is 54.8 Å². The van der Waals surface area contributed by atoms with Crippen LogP contribution in [0.5, 0.6) is 0 Å². The van der Waals surface area contributed by atoms with Gasteiger partial charge in [-0.3, -0.25) is 5.41 Å². The molecule has 0 fully saturated rings. The third kappa shape index (κ3) is 3.15. The molecule has 0 bridgehead atoms. The van der Waals surface area contributed by atoms with Gasteiger partial charge in [-0.25, -0.2) is 4.98 Å². The Kier molecular flexibility index (Phi) is 4.30. The van der Waals surface area contributed by atoms with Crippen molar-refractivity contribution in [3.63, 3.8) is 0 Å². The van der Waals surface area contributed by atoms with Crippen molar-refractivity contribution in [1.29, 1.82) is 5.41 Å². The molecular formula is C25H19N3O. The fourth-order valence-corrected chi connectivity index (χ4v) is 3.63. The number of benzene rings is 3. The minimum Gasteiger partial charge on any atom is -0.437 e. The van der Waals surface area contributed by atoms with Crippen molar-refractivity contribution in [3.05, 3.63) is 108 Å². The average Bonchev–Trinajstić information content (AvgIpc) is 3.18. The number of fused-ring (bicyclic) bond motifs is 1. The maximum atomic E-state index is 8.92. The third-order valence-electron chi connectivity index (χ3n) is 5.02. The highest BCUT2D eigenvalue weighted by molar-refractivity contribution is 5.99. The molecule has 4 heteroatoms. The Balaban J connectivity index is 1.77. The molecule has 0 aliphatic rings. The Bertz CT molecular complexity index is 1320. The second-order valence-electron chi connectivity index (χ2n) is 6.93. The second kappa shape index (κ2) is 7.24. The van der Waals surface area contributed by atoms with E-state index >= 15 is 0 Å². The Morgan fingerprint density at radius 1 is 0.759 bits per heavy atom. The molecule has 29 heavy (non-hydrogen) atoms. The SMILES string of the molecule is N=c1c2c(-c3ccccc3)c(-c3ccccc3)oc2ncn1Cc1ccccc1. The average molecular weight is 377 g/mol. The standard InChI is InChI=1S/C25H19N3O/c26-24-22-21(19-12-6-2-7-13-19)23(20-14-8-3-9-15-20)29-25(22)27-17-28(24)16-18-10-4-1-5-11-18/h1-15,17,26H,16H2. The molecule has 0 atom stereocenters. The minimum atomic E-state index is 0.392. The van der Waals surface area contributed by atoms with E-state index in [0.717, 1.165) is 33.4 Å². The lowest BCUT2D eigenvalue weighted by molar-refractivity contribution is 0.611. The van der Waals surface area contributed by atoms with Gasteiger partial charge in [0, 0.05) is 11.1 Å². The van der Waals surface area contributed by atoms with Gasteiger partial charge in [-0.2, -0.15) is 0 Å². The van der Waals surface area contributed by atoms with E-state index in [9.17, 15) is 0 Å². The highest BCUT2D eigenvalue weighted by Gasteiger charge is 2.20. The fraction of sp³-hybridized carbons (Fsp3) is 0.0400. The van der Waals surface area contributed by atoms with E-state index in [1.807, 2.05) is 83.4 Å². The molecule has 0 aliphatic carbocycles. The lowest BCUT2D eigenvalue weighted by Gasteiger charge is -2.08. The van der Waals surface area contributed by atoms with Crippen molar-refractivity contribution in [2.45, 2.75) is 6.54 Å². The summed E-state index contributed by atoms with van der Waals surface area (Å²) < 4.78 is 8.04. The third-order valence-corrected chi connectivity index (χ3v) is 5.02. The molecule has 0 saturated heterocycles. The van der Waals surface area contributed by atoms with Gasteiger partial charge in [0.1, 0.15) is 17.6 Å². The van der Waals surface area contributed by atoms with E-state index in [-0.39, 0.29) is 0 Å². The number of rotatable bonds is 4. The first-order valence-corrected chi connectivity index (χ1v) is 9.52. The lowest BCUT2D eigenvalue weighted by atomic mass is 9.99. The highest BCUT2D eigenvalue weighted by atomic mass is 16.3. The molecule has 0 spiro atoms. The van der Waals surface area contributed by atoms with Gasteiger partial charge in [-0.15, -0.1) is 0 Å². The quantitative estimate of drug-likeness (QED) is 0.450. The summed E-state index contributed by atoms with van der Waals surface area (Å²) in [7, 11) is 0. The van der Waals surface area contributed by atoms with Crippen LogP contribution in [0, 0.1) is 5.41 Å². The van der Waals surface area contributed by atoms with Crippen molar-refractivity contribution < 1.29 is 4.42 Å². The van der Waals surface area contributed by atoms with Crippen molar-refractivity contribution in [1.82, 2.24) is 9.55 Å². The van der Waals surface area contributed by atoms with Crippen LogP contribution in [0.3, 0.4) is 0 Å². The van der Waals surface area contributed by atoms with Crippen molar-refractivity contribution in [3.8, 4) is 22.5 Å². The Labute approximate surface area is 168 Å². The first kappa shape index (κ1) is 17.2. The van der Waals surface area contributed by atoms with Crippen molar-refractivity contribution >= 4 is 11.1 Å². The number of aromatic nitrogens is 2. The largest absolute Gasteiger partial charge is 0.437 e. The number of nitrogens with zero attached hydrogens (tertiary/aromatic N) is 2. The Morgan fingerprint density at radius 3 is 2.00 bits per heavy atom. The Hall–Kier alpha value is -3.92. The molecular weight excluding hydrogens is 358 g/mol. The van der Waals surface area contributed by atoms with Crippen LogP contribution in [0.25, 0.3) is 33.6 Å². The summed E-state index contributed by atoms with van der Waals surface area (Å²) >= 11 is 0. The summed E-state index contributed by atoms with van der Waals surface area (Å²) in [5.74, 6) is 0.741. The van der Waals surface area contributed by atoms with E-state index in [2.05, 4.69) is 17.1 Å². The van der Waals surface area contributed by atoms with Crippen LogP contribution in [0.4, 0.5) is 0 Å². The summed E-state index contributed by atoms with van der Waals surface area (Å²) in [6, 6.07) is 30.2. The van der Waals surface area contributed by atoms with Gasteiger partial charge in [0.05, 0.1) is 11.9 Å². The molecule has 0 radical (unpaired) electrons. The van der Waals surface area contributed by atoms with E-state index in [4.69, 9.17) is 9.83 Å². The normalized spacial score (nSPS) is 11.0. The van der Waals surface area contributed by atoms with E-state index in [0.29, 0.717) is 17.7 Å². The van der Waals surface area contributed by atoms with Gasteiger partial charge >= 0.3 is 0 Å². The molecule has 5 rings (SSSR count). The summed E-state index contributed by atoms with van der Waals surface area (Å²) in [5, 5.41) is 9.65. The summed E-state index contributed by atoms with van der Waals surface area (Å²) in [5.41, 5.74) is 4.89.